The van der Waals surface area contributed by atoms with Crippen LogP contribution in [0, 0.1) is 0 Å². The van der Waals surface area contributed by atoms with E-state index >= 15 is 0 Å². The van der Waals surface area contributed by atoms with E-state index in [9.17, 15) is 9.59 Å². The Morgan fingerprint density at radius 3 is 2.07 bits per heavy atom. The number of nitrogens with one attached hydrogen (secondary N) is 1. The molecule has 0 spiro atoms. The molecule has 0 aliphatic rings. The smallest absolute Gasteiger partial charge is 0.407 e. The third-order valence-corrected chi connectivity index (χ3v) is 12.0. The van der Waals surface area contributed by atoms with Crippen molar-refractivity contribution in [2.45, 2.75) is 77.2 Å². The second-order valence-corrected chi connectivity index (χ2v) is 14.0. The van der Waals surface area contributed by atoms with E-state index in [1.54, 1.807) is 6.92 Å². The molecule has 0 radical (unpaired) electrons. The lowest BCUT2D eigenvalue weighted by Crippen LogP contribution is -2.55. The quantitative estimate of drug-likeness (QED) is 0.405. The highest BCUT2D eigenvalue weighted by molar-refractivity contribution is 7.08. The van der Waals surface area contributed by atoms with Crippen LogP contribution in [0.15, 0.2) is 16.8 Å². The third kappa shape index (κ3) is 5.58. The summed E-state index contributed by atoms with van der Waals surface area (Å²) in [7, 11) is -1.06. The van der Waals surface area contributed by atoms with Gasteiger partial charge < -0.3 is 19.2 Å². The van der Waals surface area contributed by atoms with Crippen molar-refractivity contribution in [1.29, 1.82) is 0 Å². The minimum atomic E-state index is -2.40. The lowest BCUT2D eigenvalue weighted by Gasteiger charge is -2.45. The lowest BCUT2D eigenvalue weighted by atomic mass is 10.1. The maximum absolute atomic E-state index is 12.8. The number of ether oxygens (including phenoxy) is 2. The SMILES string of the molecule is CCOC(=O)N[C@H](c1ccsc1)[C@@H](O[Si](C(C)C)(C(C)C)C(C)C)C(=O)OC. The van der Waals surface area contributed by atoms with Gasteiger partial charge >= 0.3 is 12.1 Å². The first kappa shape index (κ1) is 24.7. The predicted molar refractivity (Wildman–Crippen MR) is 115 cm³/mol. The number of amides is 1. The fourth-order valence-electron chi connectivity index (χ4n) is 4.08. The molecule has 0 saturated heterocycles. The number of carbonyl (C=O) groups excluding carboxylic acids is 2. The minimum absolute atomic E-state index is 0.245. The fraction of sp³-hybridized carbons (Fsp3) is 0.700. The summed E-state index contributed by atoms with van der Waals surface area (Å²) < 4.78 is 16.9. The second-order valence-electron chi connectivity index (χ2n) is 7.78. The average molecular weight is 430 g/mol. The van der Waals surface area contributed by atoms with Crippen molar-refractivity contribution in [2.75, 3.05) is 13.7 Å². The van der Waals surface area contributed by atoms with Crippen molar-refractivity contribution >= 4 is 31.7 Å². The average Bonchev–Trinajstić information content (AvgIpc) is 3.14. The Morgan fingerprint density at radius 1 is 1.11 bits per heavy atom. The number of thiophene rings is 1. The van der Waals surface area contributed by atoms with Gasteiger partial charge in [0, 0.05) is 0 Å². The van der Waals surface area contributed by atoms with Crippen LogP contribution < -0.4 is 5.32 Å². The summed E-state index contributed by atoms with van der Waals surface area (Å²) in [6.45, 7) is 14.9. The van der Waals surface area contributed by atoms with Crippen LogP contribution in [0.1, 0.15) is 60.1 Å². The van der Waals surface area contributed by atoms with Crippen molar-refractivity contribution in [3.8, 4) is 0 Å². The Bertz CT molecular complexity index is 596. The maximum Gasteiger partial charge on any atom is 0.407 e. The molecule has 1 amide bonds. The number of carbonyl (C=O) groups is 2. The molecule has 8 heteroatoms. The Hall–Kier alpha value is -1.38. The highest BCUT2D eigenvalue weighted by Crippen LogP contribution is 2.44. The van der Waals surface area contributed by atoms with Crippen LogP contribution in [0.4, 0.5) is 4.79 Å². The molecule has 1 N–H and O–H groups in total. The summed E-state index contributed by atoms with van der Waals surface area (Å²) in [5, 5.41) is 6.62. The summed E-state index contributed by atoms with van der Waals surface area (Å²) in [5.74, 6) is -0.494. The van der Waals surface area contributed by atoms with E-state index in [1.807, 2.05) is 16.8 Å². The van der Waals surface area contributed by atoms with Crippen molar-refractivity contribution in [3.63, 3.8) is 0 Å². The predicted octanol–water partition coefficient (Wildman–Crippen LogP) is 5.27. The third-order valence-electron chi connectivity index (χ3n) is 5.23. The van der Waals surface area contributed by atoms with Gasteiger partial charge in [-0.2, -0.15) is 11.3 Å². The summed E-state index contributed by atoms with van der Waals surface area (Å²) >= 11 is 1.49. The van der Waals surface area contributed by atoms with Gasteiger partial charge in [0.25, 0.3) is 0 Å². The first-order chi connectivity index (χ1) is 13.1. The van der Waals surface area contributed by atoms with Gasteiger partial charge in [-0.1, -0.05) is 41.5 Å². The molecule has 0 bridgehead atoms. The zero-order valence-electron chi connectivity index (χ0n) is 18.3. The largest absolute Gasteiger partial charge is 0.467 e. The van der Waals surface area contributed by atoms with Crippen LogP contribution in [-0.4, -0.2) is 40.2 Å². The van der Waals surface area contributed by atoms with Crippen LogP contribution >= 0.6 is 11.3 Å². The Morgan fingerprint density at radius 2 is 1.68 bits per heavy atom. The molecule has 0 fully saturated rings. The minimum Gasteiger partial charge on any atom is -0.467 e. The first-order valence-electron chi connectivity index (χ1n) is 9.82. The van der Waals surface area contributed by atoms with Crippen LogP contribution in [0.25, 0.3) is 0 Å². The van der Waals surface area contributed by atoms with Crippen LogP contribution in [-0.2, 0) is 18.7 Å². The van der Waals surface area contributed by atoms with Gasteiger partial charge in [0.1, 0.15) is 0 Å². The van der Waals surface area contributed by atoms with E-state index in [1.165, 1.54) is 18.4 Å². The van der Waals surface area contributed by atoms with E-state index in [0.717, 1.165) is 5.56 Å². The van der Waals surface area contributed by atoms with Crippen molar-refractivity contribution in [3.05, 3.63) is 22.4 Å². The van der Waals surface area contributed by atoms with E-state index in [2.05, 4.69) is 46.9 Å². The monoisotopic (exact) mass is 429 g/mol. The molecule has 0 unspecified atom stereocenters. The van der Waals surface area contributed by atoms with Gasteiger partial charge in [-0.15, -0.1) is 0 Å². The van der Waals surface area contributed by atoms with Gasteiger partial charge in [-0.05, 0) is 45.9 Å². The number of hydrogen-bond donors (Lipinski definition) is 1. The van der Waals surface area contributed by atoms with Crippen molar-refractivity contribution in [2.24, 2.45) is 0 Å². The molecule has 0 aromatic carbocycles. The molecule has 0 aliphatic carbocycles. The number of hydrogen-bond acceptors (Lipinski definition) is 6. The maximum atomic E-state index is 12.8. The Balaban J connectivity index is 3.42. The van der Waals surface area contributed by atoms with Crippen LogP contribution in [0.2, 0.25) is 16.6 Å². The molecule has 1 rings (SSSR count). The topological polar surface area (TPSA) is 73.9 Å². The molecule has 28 heavy (non-hydrogen) atoms. The van der Waals surface area contributed by atoms with E-state index in [0.29, 0.717) is 0 Å². The normalized spacial score (nSPS) is 14.2. The molecule has 1 heterocycles. The summed E-state index contributed by atoms with van der Waals surface area (Å²) in [4.78, 5) is 25.0. The zero-order valence-corrected chi connectivity index (χ0v) is 20.1. The molecule has 0 saturated carbocycles. The first-order valence-corrected chi connectivity index (χ1v) is 12.9. The number of alkyl carbamates (subject to hydrolysis) is 1. The summed E-state index contributed by atoms with van der Waals surface area (Å²) in [6.07, 6.45) is -1.52. The summed E-state index contributed by atoms with van der Waals surface area (Å²) in [5.41, 5.74) is 1.65. The van der Waals surface area contributed by atoms with Gasteiger partial charge in [-0.3, -0.25) is 0 Å². The van der Waals surface area contributed by atoms with Gasteiger partial charge in [-0.25, -0.2) is 9.59 Å². The Labute approximate surface area is 174 Å². The molecule has 6 nitrogen and oxygen atoms in total. The Kier molecular flexibility index (Phi) is 9.66. The van der Waals surface area contributed by atoms with E-state index < -0.39 is 32.5 Å². The standard InChI is InChI=1S/C20H35NO5SSi/c1-9-25-20(23)21-17(16-10-11-27-12-16)18(19(22)24-8)26-28(13(2)3,14(4)5)15(6)7/h10-15,17-18H,9H2,1-8H3,(H,21,23)/t17-,18-/m1/s1. The molecule has 1 aromatic heterocycles. The molecule has 160 valence electrons. The number of methoxy groups -OCH3 is 1. The zero-order chi connectivity index (χ0) is 21.5. The molecule has 2 atom stereocenters. The molecular weight excluding hydrogens is 394 g/mol. The van der Waals surface area contributed by atoms with Crippen molar-refractivity contribution < 1.29 is 23.5 Å². The lowest BCUT2D eigenvalue weighted by molar-refractivity contribution is -0.151. The summed E-state index contributed by atoms with van der Waals surface area (Å²) in [6, 6.07) is 1.20. The molecular formula is C20H35NO5SSi. The number of esters is 1. The van der Waals surface area contributed by atoms with Crippen LogP contribution in [0.5, 0.6) is 0 Å². The van der Waals surface area contributed by atoms with E-state index in [4.69, 9.17) is 13.9 Å². The van der Waals surface area contributed by atoms with Gasteiger partial charge in [0.2, 0.25) is 8.32 Å². The van der Waals surface area contributed by atoms with Crippen molar-refractivity contribution in [1.82, 2.24) is 5.32 Å². The molecule has 0 aliphatic heterocycles. The number of rotatable bonds is 10. The van der Waals surface area contributed by atoms with Gasteiger partial charge in [0.15, 0.2) is 6.10 Å². The fourth-order valence-corrected chi connectivity index (χ4v) is 10.3. The van der Waals surface area contributed by atoms with Gasteiger partial charge in [0.05, 0.1) is 19.8 Å². The highest BCUT2D eigenvalue weighted by Gasteiger charge is 2.50. The molecule has 1 aromatic rings. The van der Waals surface area contributed by atoms with E-state index in [-0.39, 0.29) is 23.2 Å². The highest BCUT2D eigenvalue weighted by atomic mass is 32.1. The van der Waals surface area contributed by atoms with Crippen LogP contribution in [0.3, 0.4) is 0 Å². The second kappa shape index (κ2) is 11.0.